The van der Waals surface area contributed by atoms with Gasteiger partial charge in [0, 0.05) is 36.1 Å². The molecule has 29 heavy (non-hydrogen) atoms. The molecule has 4 N–H and O–H groups in total. The lowest BCUT2D eigenvalue weighted by Gasteiger charge is -2.33. The van der Waals surface area contributed by atoms with Gasteiger partial charge in [-0.25, -0.2) is 0 Å². The van der Waals surface area contributed by atoms with Gasteiger partial charge >= 0.3 is 0 Å². The minimum Gasteiger partial charge on any atom is -0.508 e. The molecule has 8 heteroatoms. The summed E-state index contributed by atoms with van der Waals surface area (Å²) in [5, 5.41) is 26.7. The van der Waals surface area contributed by atoms with Crippen LogP contribution in [0, 0.1) is 0 Å². The number of hydrogen-bond donors (Lipinski definition) is 4. The molecule has 0 aliphatic carbocycles. The van der Waals surface area contributed by atoms with Crippen LogP contribution in [0.15, 0.2) is 36.4 Å². The van der Waals surface area contributed by atoms with Gasteiger partial charge in [0.1, 0.15) is 5.75 Å². The standard InChI is InChI=1S/C21H24BN3O4/c1-21(2,11-25-16-6-4-3-5-12(16)7-18(25)28)23-10-17(27)14-8-13(26)9-15-19(14)22-20(29)24-15/h3-6,8-9,17,22-23,26-27H,7,10-11H2,1-2H3,(H,24,29)/t17-/m0/s1. The number of nitrogens with one attached hydrogen (secondary N) is 2. The van der Waals surface area contributed by atoms with Gasteiger partial charge in [-0.1, -0.05) is 18.2 Å². The lowest BCUT2D eigenvalue weighted by molar-refractivity contribution is -0.117. The largest absolute Gasteiger partial charge is 0.508 e. The highest BCUT2D eigenvalue weighted by atomic mass is 16.3. The van der Waals surface area contributed by atoms with Gasteiger partial charge in [0.25, 0.3) is 7.28 Å². The molecule has 2 aromatic rings. The second-order valence-corrected chi connectivity index (χ2v) is 8.35. The van der Waals surface area contributed by atoms with E-state index in [9.17, 15) is 19.8 Å². The molecule has 0 fully saturated rings. The average molecular weight is 393 g/mol. The first-order valence-corrected chi connectivity index (χ1v) is 9.70. The number of β-amino-alcohol motifs (C(OH)–C–C–N with tert-alkyl or cyclic N) is 1. The summed E-state index contributed by atoms with van der Waals surface area (Å²) in [5.41, 5.74) is 3.29. The van der Waals surface area contributed by atoms with Crippen LogP contribution in [0.2, 0.25) is 0 Å². The fourth-order valence-electron chi connectivity index (χ4n) is 4.06. The van der Waals surface area contributed by atoms with Crippen molar-refractivity contribution in [2.45, 2.75) is 31.9 Å². The summed E-state index contributed by atoms with van der Waals surface area (Å²) in [6, 6.07) is 10.8. The van der Waals surface area contributed by atoms with Gasteiger partial charge in [0.05, 0.1) is 12.5 Å². The predicted octanol–water partition coefficient (Wildman–Crippen LogP) is 0.990. The number of aromatic hydroxyl groups is 1. The normalized spacial score (nSPS) is 16.3. The third-order valence-electron chi connectivity index (χ3n) is 5.49. The van der Waals surface area contributed by atoms with E-state index in [4.69, 9.17) is 0 Å². The van der Waals surface area contributed by atoms with E-state index < -0.39 is 11.6 Å². The first-order chi connectivity index (χ1) is 13.7. The quantitative estimate of drug-likeness (QED) is 0.549. The fraction of sp³-hybridized carbons (Fsp3) is 0.333. The number of anilines is 2. The van der Waals surface area contributed by atoms with E-state index in [-0.39, 0.29) is 31.3 Å². The molecule has 2 aromatic carbocycles. The molecule has 0 unspecified atom stereocenters. The minimum atomic E-state index is -0.899. The molecule has 0 spiro atoms. The molecule has 0 radical (unpaired) electrons. The predicted molar refractivity (Wildman–Crippen MR) is 113 cm³/mol. The Labute approximate surface area is 170 Å². The zero-order valence-corrected chi connectivity index (χ0v) is 16.5. The van der Waals surface area contributed by atoms with E-state index in [0.29, 0.717) is 29.7 Å². The zero-order chi connectivity index (χ0) is 20.8. The van der Waals surface area contributed by atoms with Crippen molar-refractivity contribution in [2.24, 2.45) is 0 Å². The van der Waals surface area contributed by atoms with E-state index in [0.717, 1.165) is 11.3 Å². The Morgan fingerprint density at radius 1 is 1.28 bits per heavy atom. The molecule has 4 rings (SSSR count). The molecular formula is C21H24BN3O4. The maximum atomic E-state index is 12.4. The molecule has 7 nitrogen and oxygen atoms in total. The SMILES string of the molecule is CC(C)(CN1C(=O)Cc2ccccc21)NC[C@H](O)c1cc(O)cc2c1BC(=O)N2. The van der Waals surface area contributed by atoms with E-state index in [1.54, 1.807) is 4.90 Å². The lowest BCUT2D eigenvalue weighted by Crippen LogP contribution is -2.51. The Hall–Kier alpha value is -2.84. The highest BCUT2D eigenvalue weighted by Crippen LogP contribution is 2.30. The zero-order valence-electron chi connectivity index (χ0n) is 16.5. The molecule has 0 aromatic heterocycles. The summed E-state index contributed by atoms with van der Waals surface area (Å²) in [5.74, 6) is -0.0888. The fourth-order valence-corrected chi connectivity index (χ4v) is 4.06. The van der Waals surface area contributed by atoms with Crippen molar-refractivity contribution in [1.29, 1.82) is 0 Å². The van der Waals surface area contributed by atoms with Gasteiger partial charge in [-0.05, 0) is 42.6 Å². The molecule has 150 valence electrons. The number of phenolic OH excluding ortho intramolecular Hbond substituents is 1. The van der Waals surface area contributed by atoms with Crippen molar-refractivity contribution in [3.63, 3.8) is 0 Å². The van der Waals surface area contributed by atoms with Crippen LogP contribution in [0.1, 0.15) is 31.1 Å². The van der Waals surface area contributed by atoms with Crippen LogP contribution in [0.3, 0.4) is 0 Å². The molecule has 2 heterocycles. The molecule has 0 bridgehead atoms. The van der Waals surface area contributed by atoms with Crippen molar-refractivity contribution < 1.29 is 19.8 Å². The Kier molecular flexibility index (Phi) is 4.84. The van der Waals surface area contributed by atoms with Crippen LogP contribution < -0.4 is 21.0 Å². The Bertz CT molecular complexity index is 992. The summed E-state index contributed by atoms with van der Waals surface area (Å²) in [6.45, 7) is 4.65. The second kappa shape index (κ2) is 7.20. The van der Waals surface area contributed by atoms with Gasteiger partial charge in [0.2, 0.25) is 5.91 Å². The molecule has 2 aliphatic rings. The number of rotatable bonds is 6. The summed E-state index contributed by atoms with van der Waals surface area (Å²) in [4.78, 5) is 25.9. The summed E-state index contributed by atoms with van der Waals surface area (Å²) >= 11 is 0. The minimum absolute atomic E-state index is 0.00136. The number of fused-ring (bicyclic) bond motifs is 2. The number of nitrogens with zero attached hydrogens (tertiary/aromatic N) is 1. The van der Waals surface area contributed by atoms with Crippen LogP contribution >= 0.6 is 0 Å². The van der Waals surface area contributed by atoms with Crippen LogP contribution in [-0.4, -0.2) is 47.8 Å². The average Bonchev–Trinajstić information content (AvgIpc) is 3.18. The second-order valence-electron chi connectivity index (χ2n) is 8.35. The Balaban J connectivity index is 1.45. The smallest absolute Gasteiger partial charge is 0.270 e. The van der Waals surface area contributed by atoms with Crippen molar-refractivity contribution in [2.75, 3.05) is 23.3 Å². The first kappa shape index (κ1) is 19.5. The van der Waals surface area contributed by atoms with Crippen molar-refractivity contribution in [3.8, 4) is 5.75 Å². The van der Waals surface area contributed by atoms with Gasteiger partial charge in [-0.3, -0.25) is 9.59 Å². The number of benzene rings is 2. The molecule has 1 atom stereocenters. The highest BCUT2D eigenvalue weighted by molar-refractivity contribution is 6.89. The van der Waals surface area contributed by atoms with E-state index in [2.05, 4.69) is 10.6 Å². The number of phenols is 1. The Morgan fingerprint density at radius 2 is 2.03 bits per heavy atom. The van der Waals surface area contributed by atoms with Crippen LogP contribution in [0.4, 0.5) is 16.2 Å². The van der Waals surface area contributed by atoms with Crippen LogP contribution in [0.25, 0.3) is 0 Å². The van der Waals surface area contributed by atoms with E-state index >= 15 is 0 Å². The van der Waals surface area contributed by atoms with E-state index in [1.165, 1.54) is 12.1 Å². The van der Waals surface area contributed by atoms with Crippen LogP contribution in [0.5, 0.6) is 5.75 Å². The number of carbonyl (C=O) groups excluding carboxylic acids is 2. The molecule has 0 saturated carbocycles. The summed E-state index contributed by atoms with van der Waals surface area (Å²) in [7, 11) is 0.185. The summed E-state index contributed by atoms with van der Waals surface area (Å²) in [6.07, 6.45) is -0.491. The maximum Gasteiger partial charge on any atom is 0.270 e. The van der Waals surface area contributed by atoms with Crippen molar-refractivity contribution in [1.82, 2.24) is 5.32 Å². The van der Waals surface area contributed by atoms with Crippen LogP contribution in [-0.2, 0) is 11.2 Å². The van der Waals surface area contributed by atoms with Gasteiger partial charge < -0.3 is 25.7 Å². The van der Waals surface area contributed by atoms with E-state index in [1.807, 2.05) is 38.1 Å². The third kappa shape index (κ3) is 3.86. The summed E-state index contributed by atoms with van der Waals surface area (Å²) < 4.78 is 0. The molecule has 0 saturated heterocycles. The number of hydrogen-bond acceptors (Lipinski definition) is 5. The number of aliphatic hydroxyl groups is 1. The van der Waals surface area contributed by atoms with Crippen molar-refractivity contribution in [3.05, 3.63) is 47.5 Å². The Morgan fingerprint density at radius 3 is 2.83 bits per heavy atom. The number of carbonyl (C=O) groups is 2. The van der Waals surface area contributed by atoms with Gasteiger partial charge in [-0.2, -0.15) is 0 Å². The molecule has 2 amide bonds. The maximum absolute atomic E-state index is 12.4. The monoisotopic (exact) mass is 393 g/mol. The van der Waals surface area contributed by atoms with Gasteiger partial charge in [-0.15, -0.1) is 0 Å². The topological polar surface area (TPSA) is 102 Å². The first-order valence-electron chi connectivity index (χ1n) is 9.70. The third-order valence-corrected chi connectivity index (χ3v) is 5.49. The lowest BCUT2D eigenvalue weighted by atomic mass is 9.69. The number of aliphatic hydroxyl groups excluding tert-OH is 1. The highest BCUT2D eigenvalue weighted by Gasteiger charge is 2.33. The molecular weight excluding hydrogens is 369 g/mol. The number of amides is 2. The van der Waals surface area contributed by atoms with Gasteiger partial charge in [0.15, 0.2) is 5.81 Å². The number of para-hydroxylation sites is 1. The molecule has 2 aliphatic heterocycles. The van der Waals surface area contributed by atoms with Crippen molar-refractivity contribution >= 4 is 35.8 Å².